The van der Waals surface area contributed by atoms with Gasteiger partial charge in [0.1, 0.15) is 0 Å². The van der Waals surface area contributed by atoms with Crippen molar-refractivity contribution in [3.05, 3.63) is 28.8 Å². The zero-order valence-electron chi connectivity index (χ0n) is 10.7. The van der Waals surface area contributed by atoms with Gasteiger partial charge in [-0.15, -0.1) is 0 Å². The van der Waals surface area contributed by atoms with Gasteiger partial charge in [-0.25, -0.2) is 0 Å². The summed E-state index contributed by atoms with van der Waals surface area (Å²) in [5.41, 5.74) is 2.05. The molecule has 1 amide bonds. The second-order valence-electron chi connectivity index (χ2n) is 4.64. The maximum atomic E-state index is 11.7. The standard InChI is InChI=1S/C13H18ClN3O/c1-9-3-4-11(5-12(9)14)17-7-10(6-15-2)16-13(18)8-17/h3-5,10,15H,6-8H2,1-2H3,(H,16,18). The summed E-state index contributed by atoms with van der Waals surface area (Å²) in [6, 6.07) is 6.05. The zero-order chi connectivity index (χ0) is 13.1. The van der Waals surface area contributed by atoms with Crippen LogP contribution in [0.4, 0.5) is 5.69 Å². The molecule has 1 unspecified atom stereocenters. The van der Waals surface area contributed by atoms with Crippen molar-refractivity contribution < 1.29 is 4.79 Å². The molecule has 1 aliphatic rings. The first kappa shape index (κ1) is 13.2. The van der Waals surface area contributed by atoms with Crippen LogP contribution in [0.15, 0.2) is 18.2 Å². The minimum atomic E-state index is 0.0539. The molecule has 0 aliphatic carbocycles. The summed E-state index contributed by atoms with van der Waals surface area (Å²) in [4.78, 5) is 13.7. The Bertz CT molecular complexity index is 450. The first-order chi connectivity index (χ1) is 8.60. The van der Waals surface area contributed by atoms with Crippen molar-refractivity contribution in [1.82, 2.24) is 10.6 Å². The number of halogens is 1. The number of carbonyl (C=O) groups is 1. The summed E-state index contributed by atoms with van der Waals surface area (Å²) in [6.45, 7) is 3.92. The van der Waals surface area contributed by atoms with Gasteiger partial charge in [0, 0.05) is 23.8 Å². The summed E-state index contributed by atoms with van der Waals surface area (Å²) >= 11 is 6.13. The van der Waals surface area contributed by atoms with E-state index in [-0.39, 0.29) is 11.9 Å². The number of piperazine rings is 1. The van der Waals surface area contributed by atoms with Crippen LogP contribution in [-0.4, -0.2) is 38.6 Å². The fraction of sp³-hybridized carbons (Fsp3) is 0.462. The molecular formula is C13H18ClN3O. The topological polar surface area (TPSA) is 44.4 Å². The van der Waals surface area contributed by atoms with Gasteiger partial charge < -0.3 is 15.5 Å². The van der Waals surface area contributed by atoms with Crippen LogP contribution in [0.5, 0.6) is 0 Å². The average molecular weight is 268 g/mol. The molecule has 1 atom stereocenters. The van der Waals surface area contributed by atoms with E-state index >= 15 is 0 Å². The Hall–Kier alpha value is -1.26. The molecule has 0 spiro atoms. The molecule has 18 heavy (non-hydrogen) atoms. The van der Waals surface area contributed by atoms with Crippen LogP contribution in [0.2, 0.25) is 5.02 Å². The number of rotatable bonds is 3. The highest BCUT2D eigenvalue weighted by atomic mass is 35.5. The number of benzene rings is 1. The van der Waals surface area contributed by atoms with Gasteiger partial charge >= 0.3 is 0 Å². The van der Waals surface area contributed by atoms with Crippen molar-refractivity contribution in [2.75, 3.05) is 31.6 Å². The van der Waals surface area contributed by atoms with Crippen molar-refractivity contribution in [2.45, 2.75) is 13.0 Å². The number of anilines is 1. The monoisotopic (exact) mass is 267 g/mol. The molecule has 2 N–H and O–H groups in total. The van der Waals surface area contributed by atoms with Gasteiger partial charge in [0.25, 0.3) is 0 Å². The molecule has 98 valence electrons. The summed E-state index contributed by atoms with van der Waals surface area (Å²) in [5.74, 6) is 0.0539. The van der Waals surface area contributed by atoms with E-state index in [1.165, 1.54) is 0 Å². The second-order valence-corrected chi connectivity index (χ2v) is 5.04. The zero-order valence-corrected chi connectivity index (χ0v) is 11.4. The van der Waals surface area contributed by atoms with E-state index in [0.29, 0.717) is 6.54 Å². The van der Waals surface area contributed by atoms with Gasteiger partial charge in [-0.2, -0.15) is 0 Å². The Kier molecular flexibility index (Phi) is 4.09. The van der Waals surface area contributed by atoms with Crippen LogP contribution in [-0.2, 0) is 4.79 Å². The van der Waals surface area contributed by atoms with Crippen molar-refractivity contribution >= 4 is 23.2 Å². The van der Waals surface area contributed by atoms with Crippen LogP contribution in [0.25, 0.3) is 0 Å². The summed E-state index contributed by atoms with van der Waals surface area (Å²) in [7, 11) is 1.88. The third-order valence-electron chi connectivity index (χ3n) is 3.11. The lowest BCUT2D eigenvalue weighted by Gasteiger charge is -2.34. The first-order valence-corrected chi connectivity index (χ1v) is 6.43. The Balaban J connectivity index is 2.15. The molecule has 0 bridgehead atoms. The average Bonchev–Trinajstić information content (AvgIpc) is 2.32. The third-order valence-corrected chi connectivity index (χ3v) is 3.52. The van der Waals surface area contributed by atoms with Crippen LogP contribution < -0.4 is 15.5 Å². The number of hydrogen-bond acceptors (Lipinski definition) is 3. The van der Waals surface area contributed by atoms with Gasteiger partial charge in [-0.1, -0.05) is 17.7 Å². The Labute approximate surface area is 112 Å². The molecule has 0 aromatic heterocycles. The number of likely N-dealkylation sites (N-methyl/N-ethyl adjacent to an activating group) is 1. The molecule has 1 aromatic rings. The Morgan fingerprint density at radius 1 is 1.56 bits per heavy atom. The number of nitrogens with one attached hydrogen (secondary N) is 2. The highest BCUT2D eigenvalue weighted by Gasteiger charge is 2.24. The lowest BCUT2D eigenvalue weighted by atomic mass is 10.1. The fourth-order valence-electron chi connectivity index (χ4n) is 2.16. The number of amides is 1. The normalized spacial score (nSPS) is 19.8. The van der Waals surface area contributed by atoms with E-state index in [2.05, 4.69) is 15.5 Å². The van der Waals surface area contributed by atoms with Crippen molar-refractivity contribution in [3.8, 4) is 0 Å². The SMILES string of the molecule is CNCC1CN(c2ccc(C)c(Cl)c2)CC(=O)N1. The van der Waals surface area contributed by atoms with Crippen molar-refractivity contribution in [1.29, 1.82) is 0 Å². The number of hydrogen-bond donors (Lipinski definition) is 2. The molecule has 2 rings (SSSR count). The molecule has 5 heteroatoms. The van der Waals surface area contributed by atoms with E-state index in [1.54, 1.807) is 0 Å². The van der Waals surface area contributed by atoms with E-state index < -0.39 is 0 Å². The molecule has 1 heterocycles. The lowest BCUT2D eigenvalue weighted by molar-refractivity contribution is -0.121. The number of carbonyl (C=O) groups excluding carboxylic acids is 1. The number of aryl methyl sites for hydroxylation is 1. The largest absolute Gasteiger partial charge is 0.360 e. The smallest absolute Gasteiger partial charge is 0.239 e. The van der Waals surface area contributed by atoms with Crippen molar-refractivity contribution in [3.63, 3.8) is 0 Å². The molecule has 0 radical (unpaired) electrons. The summed E-state index contributed by atoms with van der Waals surface area (Å²) in [6.07, 6.45) is 0. The van der Waals surface area contributed by atoms with Gasteiger partial charge in [0.2, 0.25) is 5.91 Å². The molecule has 4 nitrogen and oxygen atoms in total. The number of nitrogens with zero attached hydrogens (tertiary/aromatic N) is 1. The second kappa shape index (κ2) is 5.59. The molecule has 1 saturated heterocycles. The Morgan fingerprint density at radius 3 is 3.00 bits per heavy atom. The van der Waals surface area contributed by atoms with Crippen LogP contribution in [0, 0.1) is 6.92 Å². The summed E-state index contributed by atoms with van der Waals surface area (Å²) < 4.78 is 0. The van der Waals surface area contributed by atoms with Gasteiger partial charge in [-0.3, -0.25) is 4.79 Å². The predicted molar refractivity (Wildman–Crippen MR) is 74.3 cm³/mol. The van der Waals surface area contributed by atoms with Gasteiger partial charge in [0.05, 0.1) is 12.6 Å². The fourth-order valence-corrected chi connectivity index (χ4v) is 2.33. The Morgan fingerprint density at radius 2 is 2.33 bits per heavy atom. The van der Waals surface area contributed by atoms with Crippen LogP contribution in [0.3, 0.4) is 0 Å². The van der Waals surface area contributed by atoms with E-state index in [1.807, 2.05) is 32.2 Å². The summed E-state index contributed by atoms with van der Waals surface area (Å²) in [5, 5.41) is 6.79. The first-order valence-electron chi connectivity index (χ1n) is 6.05. The minimum absolute atomic E-state index is 0.0539. The van der Waals surface area contributed by atoms with E-state index in [4.69, 9.17) is 11.6 Å². The van der Waals surface area contributed by atoms with E-state index in [9.17, 15) is 4.79 Å². The molecular weight excluding hydrogens is 250 g/mol. The van der Waals surface area contributed by atoms with Gasteiger partial charge in [-0.05, 0) is 31.7 Å². The van der Waals surface area contributed by atoms with Crippen LogP contribution in [0.1, 0.15) is 5.56 Å². The van der Waals surface area contributed by atoms with Crippen LogP contribution >= 0.6 is 11.6 Å². The molecule has 1 aromatic carbocycles. The van der Waals surface area contributed by atoms with E-state index in [0.717, 1.165) is 29.4 Å². The molecule has 1 aliphatic heterocycles. The molecule has 0 saturated carbocycles. The minimum Gasteiger partial charge on any atom is -0.360 e. The predicted octanol–water partition coefficient (Wildman–Crippen LogP) is 1.17. The van der Waals surface area contributed by atoms with Gasteiger partial charge in [0.15, 0.2) is 0 Å². The highest BCUT2D eigenvalue weighted by Crippen LogP contribution is 2.23. The maximum Gasteiger partial charge on any atom is 0.239 e. The van der Waals surface area contributed by atoms with Crippen molar-refractivity contribution in [2.24, 2.45) is 0 Å². The highest BCUT2D eigenvalue weighted by molar-refractivity contribution is 6.31. The maximum absolute atomic E-state index is 11.7. The third kappa shape index (κ3) is 2.94. The molecule has 1 fully saturated rings. The quantitative estimate of drug-likeness (QED) is 0.864. The lowest BCUT2D eigenvalue weighted by Crippen LogP contribution is -2.57.